The van der Waals surface area contributed by atoms with Gasteiger partial charge in [0.1, 0.15) is 18.2 Å². The number of carbonyl (C=O) groups excluding carboxylic acids is 3. The van der Waals surface area contributed by atoms with Crippen molar-refractivity contribution in [3.63, 3.8) is 0 Å². The molecule has 0 aliphatic carbocycles. The van der Waals surface area contributed by atoms with E-state index in [0.717, 1.165) is 56.1 Å². The average molecular weight is 476 g/mol. The number of nitrogens with one attached hydrogen (secondary N) is 2. The maximum Gasteiger partial charge on any atom is 0.408 e. The minimum absolute atomic E-state index is 0.198. The van der Waals surface area contributed by atoms with Gasteiger partial charge in [0.25, 0.3) is 0 Å². The number of hydrogen-bond donors (Lipinski definition) is 2. The molecule has 0 fully saturated rings. The summed E-state index contributed by atoms with van der Waals surface area (Å²) in [7, 11) is 0. The molecule has 0 saturated carbocycles. The largest absolute Gasteiger partial charge is 0.444 e. The molecule has 0 heterocycles. The predicted octanol–water partition coefficient (Wildman–Crippen LogP) is 5.28. The molecular formula is C27H45N3O4. The van der Waals surface area contributed by atoms with E-state index in [2.05, 4.69) is 24.5 Å². The highest BCUT2D eigenvalue weighted by molar-refractivity contribution is 5.90. The monoisotopic (exact) mass is 475 g/mol. The Morgan fingerprint density at radius 3 is 2.12 bits per heavy atom. The zero-order valence-corrected chi connectivity index (χ0v) is 22.0. The predicted molar refractivity (Wildman–Crippen MR) is 137 cm³/mol. The summed E-state index contributed by atoms with van der Waals surface area (Å²) in [4.78, 5) is 40.3. The average Bonchev–Trinajstić information content (AvgIpc) is 2.76. The van der Waals surface area contributed by atoms with Crippen LogP contribution in [0.15, 0.2) is 24.3 Å². The number of unbranched alkanes of at least 4 members (excludes halogenated alkanes) is 5. The van der Waals surface area contributed by atoms with Gasteiger partial charge in [-0.3, -0.25) is 9.59 Å². The van der Waals surface area contributed by atoms with Crippen LogP contribution < -0.4 is 10.6 Å². The third kappa shape index (κ3) is 11.5. The lowest BCUT2D eigenvalue weighted by Crippen LogP contribution is -2.48. The van der Waals surface area contributed by atoms with E-state index in [1.54, 1.807) is 25.7 Å². The van der Waals surface area contributed by atoms with Crippen LogP contribution >= 0.6 is 0 Å². The van der Waals surface area contributed by atoms with Crippen molar-refractivity contribution in [2.75, 3.05) is 19.6 Å². The highest BCUT2D eigenvalue weighted by atomic mass is 16.6. The normalized spacial score (nSPS) is 12.1. The molecule has 1 unspecified atom stereocenters. The standard InChI is InChI=1S/C27H45N3O4/c1-7-9-11-12-13-19-30(23(31)20-29-26(33)34-27(4,5)6)24(25(32)28-18-10-8-2)22-16-14-21(3)15-17-22/h14-17,24H,7-13,18-20H2,1-6H3,(H,28,32)(H,29,33). The van der Waals surface area contributed by atoms with Crippen molar-refractivity contribution < 1.29 is 19.1 Å². The molecule has 192 valence electrons. The van der Waals surface area contributed by atoms with Gasteiger partial charge in [0, 0.05) is 13.1 Å². The van der Waals surface area contributed by atoms with Gasteiger partial charge >= 0.3 is 6.09 Å². The number of carbonyl (C=O) groups is 3. The molecule has 0 bridgehead atoms. The molecule has 1 atom stereocenters. The van der Waals surface area contributed by atoms with Gasteiger partial charge in [0.15, 0.2) is 0 Å². The van der Waals surface area contributed by atoms with Crippen molar-refractivity contribution in [3.8, 4) is 0 Å². The van der Waals surface area contributed by atoms with E-state index in [9.17, 15) is 14.4 Å². The summed E-state index contributed by atoms with van der Waals surface area (Å²) in [5.41, 5.74) is 1.19. The van der Waals surface area contributed by atoms with Crippen molar-refractivity contribution in [2.24, 2.45) is 0 Å². The zero-order valence-electron chi connectivity index (χ0n) is 22.0. The van der Waals surface area contributed by atoms with Gasteiger partial charge in [-0.2, -0.15) is 0 Å². The smallest absolute Gasteiger partial charge is 0.408 e. The van der Waals surface area contributed by atoms with Crippen LogP contribution in [0.3, 0.4) is 0 Å². The first-order valence-corrected chi connectivity index (χ1v) is 12.7. The lowest BCUT2D eigenvalue weighted by molar-refractivity contribution is -0.140. The molecule has 7 heteroatoms. The Kier molecular flexibility index (Phi) is 13.3. The van der Waals surface area contributed by atoms with E-state index in [1.807, 2.05) is 31.2 Å². The number of hydrogen-bond acceptors (Lipinski definition) is 4. The molecule has 1 rings (SSSR count). The van der Waals surface area contributed by atoms with Crippen molar-refractivity contribution in [1.82, 2.24) is 15.5 Å². The first-order chi connectivity index (χ1) is 16.1. The molecule has 34 heavy (non-hydrogen) atoms. The van der Waals surface area contributed by atoms with Gasteiger partial charge in [-0.1, -0.05) is 75.8 Å². The zero-order chi connectivity index (χ0) is 25.6. The Morgan fingerprint density at radius 1 is 0.912 bits per heavy atom. The number of rotatable bonds is 14. The Balaban J connectivity index is 3.10. The van der Waals surface area contributed by atoms with Crippen LogP contribution in [0.25, 0.3) is 0 Å². The molecule has 0 aliphatic heterocycles. The maximum absolute atomic E-state index is 13.3. The van der Waals surface area contributed by atoms with Gasteiger partial charge < -0.3 is 20.3 Å². The summed E-state index contributed by atoms with van der Waals surface area (Å²) >= 11 is 0. The Labute approximate surface area is 206 Å². The number of amides is 3. The molecule has 1 aromatic rings. The second-order valence-electron chi connectivity index (χ2n) is 9.81. The van der Waals surface area contributed by atoms with E-state index < -0.39 is 17.7 Å². The molecule has 0 radical (unpaired) electrons. The minimum Gasteiger partial charge on any atom is -0.444 e. The van der Waals surface area contributed by atoms with Crippen LogP contribution in [0, 0.1) is 6.92 Å². The van der Waals surface area contributed by atoms with E-state index in [0.29, 0.717) is 13.1 Å². The molecule has 0 saturated heterocycles. The first-order valence-electron chi connectivity index (χ1n) is 12.7. The highest BCUT2D eigenvalue weighted by Gasteiger charge is 2.31. The second kappa shape index (κ2) is 15.4. The van der Waals surface area contributed by atoms with Crippen LogP contribution in [0.1, 0.15) is 96.7 Å². The fraction of sp³-hybridized carbons (Fsp3) is 0.667. The summed E-state index contributed by atoms with van der Waals surface area (Å²) in [6.45, 7) is 12.3. The van der Waals surface area contributed by atoms with E-state index >= 15 is 0 Å². The van der Waals surface area contributed by atoms with Crippen LogP contribution in [0.5, 0.6) is 0 Å². The SMILES string of the molecule is CCCCCCCN(C(=O)CNC(=O)OC(C)(C)C)C(C(=O)NCCCC)c1ccc(C)cc1. The summed E-state index contributed by atoms with van der Waals surface area (Å²) < 4.78 is 5.26. The fourth-order valence-electron chi connectivity index (χ4n) is 3.55. The van der Waals surface area contributed by atoms with Crippen LogP contribution in [0.4, 0.5) is 4.79 Å². The molecular weight excluding hydrogens is 430 g/mol. The van der Waals surface area contributed by atoms with Crippen molar-refractivity contribution in [1.29, 1.82) is 0 Å². The molecule has 3 amide bonds. The Hall–Kier alpha value is -2.57. The third-order valence-electron chi connectivity index (χ3n) is 5.39. The topological polar surface area (TPSA) is 87.7 Å². The summed E-state index contributed by atoms with van der Waals surface area (Å²) in [5, 5.41) is 5.55. The number of ether oxygens (including phenoxy) is 1. The van der Waals surface area contributed by atoms with Gasteiger partial charge in [-0.05, 0) is 46.1 Å². The molecule has 0 spiro atoms. The van der Waals surface area contributed by atoms with Crippen LogP contribution in [-0.4, -0.2) is 48.0 Å². The lowest BCUT2D eigenvalue weighted by Gasteiger charge is -2.32. The highest BCUT2D eigenvalue weighted by Crippen LogP contribution is 2.23. The molecule has 1 aromatic carbocycles. The van der Waals surface area contributed by atoms with Gasteiger partial charge in [-0.15, -0.1) is 0 Å². The molecule has 0 aromatic heterocycles. The molecule has 2 N–H and O–H groups in total. The summed E-state index contributed by atoms with van der Waals surface area (Å²) in [6, 6.07) is 6.95. The second-order valence-corrected chi connectivity index (χ2v) is 9.81. The van der Waals surface area contributed by atoms with Gasteiger partial charge in [0.2, 0.25) is 11.8 Å². The number of alkyl carbamates (subject to hydrolysis) is 1. The number of aryl methyl sites for hydroxylation is 1. The molecule has 0 aliphatic rings. The van der Waals surface area contributed by atoms with E-state index in [4.69, 9.17) is 4.74 Å². The van der Waals surface area contributed by atoms with E-state index in [-0.39, 0.29) is 18.4 Å². The van der Waals surface area contributed by atoms with Crippen LogP contribution in [0.2, 0.25) is 0 Å². The van der Waals surface area contributed by atoms with Gasteiger partial charge in [0.05, 0.1) is 0 Å². The van der Waals surface area contributed by atoms with Crippen molar-refractivity contribution in [2.45, 2.75) is 98.1 Å². The van der Waals surface area contributed by atoms with Crippen molar-refractivity contribution in [3.05, 3.63) is 35.4 Å². The minimum atomic E-state index is -0.753. The lowest BCUT2D eigenvalue weighted by atomic mass is 10.0. The third-order valence-corrected chi connectivity index (χ3v) is 5.39. The quantitative estimate of drug-likeness (QED) is 0.359. The van der Waals surface area contributed by atoms with E-state index in [1.165, 1.54) is 0 Å². The summed E-state index contributed by atoms with van der Waals surface area (Å²) in [6.07, 6.45) is 6.33. The Bertz CT molecular complexity index is 756. The molecule has 7 nitrogen and oxygen atoms in total. The van der Waals surface area contributed by atoms with Crippen LogP contribution in [-0.2, 0) is 14.3 Å². The van der Waals surface area contributed by atoms with Crippen molar-refractivity contribution >= 4 is 17.9 Å². The number of nitrogens with zero attached hydrogens (tertiary/aromatic N) is 1. The maximum atomic E-state index is 13.3. The fourth-order valence-corrected chi connectivity index (χ4v) is 3.55. The number of benzene rings is 1. The summed E-state index contributed by atoms with van der Waals surface area (Å²) in [5.74, 6) is -0.506. The van der Waals surface area contributed by atoms with Gasteiger partial charge in [-0.25, -0.2) is 4.79 Å². The Morgan fingerprint density at radius 2 is 1.53 bits per heavy atom. The first kappa shape index (κ1) is 29.5.